The lowest BCUT2D eigenvalue weighted by molar-refractivity contribution is 0.518. The van der Waals surface area contributed by atoms with Crippen molar-refractivity contribution in [1.29, 1.82) is 0 Å². The fraction of sp³-hybridized carbons (Fsp3) is 0.118. The zero-order chi connectivity index (χ0) is 17.6. The molecule has 3 heterocycles. The molecule has 0 aliphatic carbocycles. The van der Waals surface area contributed by atoms with Gasteiger partial charge < -0.3 is 15.1 Å². The number of anilines is 3. The van der Waals surface area contributed by atoms with Gasteiger partial charge in [0.15, 0.2) is 9.47 Å². The number of aromatic nitrogens is 3. The molecule has 9 heteroatoms. The number of furan rings is 1. The molecule has 0 radical (unpaired) electrons. The van der Waals surface area contributed by atoms with Crippen LogP contribution in [0.3, 0.4) is 0 Å². The lowest BCUT2D eigenvalue weighted by Gasteiger charge is -2.00. The number of thiazole rings is 1. The maximum absolute atomic E-state index is 5.29. The van der Waals surface area contributed by atoms with Crippen LogP contribution in [0.4, 0.5) is 16.0 Å². The van der Waals surface area contributed by atoms with Crippen LogP contribution in [-0.2, 0) is 12.3 Å². The van der Waals surface area contributed by atoms with E-state index in [1.54, 1.807) is 29.4 Å². The third-order valence-electron chi connectivity index (χ3n) is 3.32. The molecule has 132 valence electrons. The number of benzene rings is 1. The van der Waals surface area contributed by atoms with Gasteiger partial charge in [-0.05, 0) is 24.3 Å². The van der Waals surface area contributed by atoms with Crippen LogP contribution in [0.25, 0.3) is 0 Å². The Morgan fingerprint density at radius 3 is 2.81 bits per heavy atom. The Labute approximate surface area is 162 Å². The van der Waals surface area contributed by atoms with Gasteiger partial charge in [-0.2, -0.15) is 0 Å². The number of rotatable bonds is 8. The fourth-order valence-corrected chi connectivity index (χ4v) is 4.60. The molecular weight excluding hydrogens is 386 g/mol. The zero-order valence-corrected chi connectivity index (χ0v) is 16.0. The quantitative estimate of drug-likeness (QED) is 0.391. The monoisotopic (exact) mass is 401 g/mol. The zero-order valence-electron chi connectivity index (χ0n) is 13.6. The molecule has 0 atom stereocenters. The molecule has 0 bridgehead atoms. The highest BCUT2D eigenvalue weighted by atomic mass is 32.2. The second-order valence-electron chi connectivity index (χ2n) is 5.23. The molecule has 0 saturated heterocycles. The Kier molecular flexibility index (Phi) is 5.48. The Balaban J connectivity index is 1.28. The number of nitrogens with one attached hydrogen (secondary N) is 2. The molecule has 0 aliphatic heterocycles. The fourth-order valence-electron chi connectivity index (χ4n) is 2.13. The van der Waals surface area contributed by atoms with Crippen molar-refractivity contribution in [3.63, 3.8) is 0 Å². The predicted molar refractivity (Wildman–Crippen MR) is 107 cm³/mol. The highest BCUT2D eigenvalue weighted by Crippen LogP contribution is 2.30. The van der Waals surface area contributed by atoms with Gasteiger partial charge in [-0.15, -0.1) is 21.5 Å². The van der Waals surface area contributed by atoms with E-state index in [2.05, 4.69) is 31.2 Å². The Morgan fingerprint density at radius 1 is 1.04 bits per heavy atom. The lowest BCUT2D eigenvalue weighted by atomic mass is 10.3. The normalized spacial score (nSPS) is 10.8. The SMILES string of the molecule is c1ccc(Nc2nc(CSc3nnc(NCc4ccco4)s3)cs2)cc1. The van der Waals surface area contributed by atoms with E-state index in [1.165, 1.54) is 11.3 Å². The molecule has 0 saturated carbocycles. The number of hydrogen-bond donors (Lipinski definition) is 2. The van der Waals surface area contributed by atoms with Gasteiger partial charge in [-0.25, -0.2) is 4.98 Å². The molecule has 0 unspecified atom stereocenters. The van der Waals surface area contributed by atoms with Gasteiger partial charge in [0.25, 0.3) is 0 Å². The second kappa shape index (κ2) is 8.35. The van der Waals surface area contributed by atoms with Crippen LogP contribution in [0, 0.1) is 0 Å². The second-order valence-corrected chi connectivity index (χ2v) is 8.29. The van der Waals surface area contributed by atoms with Crippen molar-refractivity contribution < 1.29 is 4.42 Å². The summed E-state index contributed by atoms with van der Waals surface area (Å²) in [5, 5.41) is 18.6. The van der Waals surface area contributed by atoms with Crippen LogP contribution in [0.15, 0.2) is 62.9 Å². The summed E-state index contributed by atoms with van der Waals surface area (Å²) in [6, 6.07) is 13.8. The van der Waals surface area contributed by atoms with E-state index in [0.717, 1.165) is 37.5 Å². The van der Waals surface area contributed by atoms with Gasteiger partial charge in [-0.3, -0.25) is 0 Å². The first-order valence-electron chi connectivity index (χ1n) is 7.84. The summed E-state index contributed by atoms with van der Waals surface area (Å²) in [6.45, 7) is 0.604. The summed E-state index contributed by atoms with van der Waals surface area (Å²) < 4.78 is 6.20. The Bertz CT molecular complexity index is 936. The van der Waals surface area contributed by atoms with E-state index >= 15 is 0 Å². The molecule has 4 aromatic rings. The molecule has 0 spiro atoms. The number of hydrogen-bond acceptors (Lipinski definition) is 9. The average molecular weight is 402 g/mol. The summed E-state index contributed by atoms with van der Waals surface area (Å²) in [5.41, 5.74) is 2.07. The topological polar surface area (TPSA) is 75.9 Å². The van der Waals surface area contributed by atoms with Crippen LogP contribution in [0.1, 0.15) is 11.5 Å². The standard InChI is InChI=1S/C17H15N5OS3/c1-2-5-12(6-3-1)19-16-20-13(10-24-16)11-25-17-22-21-15(26-17)18-9-14-7-4-8-23-14/h1-8,10H,9,11H2,(H,18,21)(H,19,20). The van der Waals surface area contributed by atoms with E-state index in [4.69, 9.17) is 4.42 Å². The summed E-state index contributed by atoms with van der Waals surface area (Å²) in [5.74, 6) is 1.63. The van der Waals surface area contributed by atoms with Crippen molar-refractivity contribution in [3.05, 3.63) is 65.6 Å². The molecular formula is C17H15N5OS3. The highest BCUT2D eigenvalue weighted by molar-refractivity contribution is 8.00. The predicted octanol–water partition coefficient (Wildman–Crippen LogP) is 5.24. The minimum atomic E-state index is 0.604. The molecule has 0 amide bonds. The van der Waals surface area contributed by atoms with Crippen molar-refractivity contribution in [1.82, 2.24) is 15.2 Å². The first-order valence-corrected chi connectivity index (χ1v) is 10.5. The molecule has 0 aliphatic rings. The molecule has 2 N–H and O–H groups in total. The first kappa shape index (κ1) is 17.1. The molecule has 6 nitrogen and oxygen atoms in total. The van der Waals surface area contributed by atoms with Crippen molar-refractivity contribution in [3.8, 4) is 0 Å². The van der Waals surface area contributed by atoms with Crippen LogP contribution in [0.5, 0.6) is 0 Å². The number of nitrogens with zero attached hydrogens (tertiary/aromatic N) is 3. The van der Waals surface area contributed by atoms with E-state index in [-0.39, 0.29) is 0 Å². The third kappa shape index (κ3) is 4.63. The number of thioether (sulfide) groups is 1. The minimum Gasteiger partial charge on any atom is -0.467 e. The number of para-hydroxylation sites is 1. The summed E-state index contributed by atoms with van der Waals surface area (Å²) in [7, 11) is 0. The molecule has 3 aromatic heterocycles. The highest BCUT2D eigenvalue weighted by Gasteiger charge is 2.08. The van der Waals surface area contributed by atoms with Gasteiger partial charge >= 0.3 is 0 Å². The van der Waals surface area contributed by atoms with Gasteiger partial charge in [0.1, 0.15) is 5.76 Å². The largest absolute Gasteiger partial charge is 0.467 e. The molecule has 1 aromatic carbocycles. The molecule has 26 heavy (non-hydrogen) atoms. The summed E-state index contributed by atoms with van der Waals surface area (Å²) in [4.78, 5) is 4.61. The van der Waals surface area contributed by atoms with Crippen LogP contribution in [0.2, 0.25) is 0 Å². The van der Waals surface area contributed by atoms with E-state index in [1.807, 2.05) is 42.5 Å². The average Bonchev–Trinajstić information content (AvgIpc) is 3.41. The maximum atomic E-state index is 5.29. The van der Waals surface area contributed by atoms with Gasteiger partial charge in [0, 0.05) is 16.8 Å². The van der Waals surface area contributed by atoms with E-state index < -0.39 is 0 Å². The van der Waals surface area contributed by atoms with Crippen LogP contribution < -0.4 is 10.6 Å². The molecule has 0 fully saturated rings. The summed E-state index contributed by atoms with van der Waals surface area (Å²) >= 11 is 4.77. The van der Waals surface area contributed by atoms with Crippen molar-refractivity contribution >= 4 is 50.4 Å². The van der Waals surface area contributed by atoms with Crippen LogP contribution >= 0.6 is 34.4 Å². The maximum Gasteiger partial charge on any atom is 0.206 e. The lowest BCUT2D eigenvalue weighted by Crippen LogP contribution is -1.96. The van der Waals surface area contributed by atoms with Crippen molar-refractivity contribution in [2.24, 2.45) is 0 Å². The van der Waals surface area contributed by atoms with Crippen LogP contribution in [-0.4, -0.2) is 15.2 Å². The van der Waals surface area contributed by atoms with E-state index in [9.17, 15) is 0 Å². The van der Waals surface area contributed by atoms with E-state index in [0.29, 0.717) is 6.54 Å². The van der Waals surface area contributed by atoms with Gasteiger partial charge in [0.2, 0.25) is 5.13 Å². The van der Waals surface area contributed by atoms with Gasteiger partial charge in [0.05, 0.1) is 18.5 Å². The first-order chi connectivity index (χ1) is 12.8. The summed E-state index contributed by atoms with van der Waals surface area (Å²) in [6.07, 6.45) is 1.66. The Hall–Kier alpha value is -2.36. The third-order valence-corrected chi connectivity index (χ3v) is 6.18. The van der Waals surface area contributed by atoms with Gasteiger partial charge in [-0.1, -0.05) is 41.3 Å². The smallest absolute Gasteiger partial charge is 0.206 e. The van der Waals surface area contributed by atoms with Crippen molar-refractivity contribution in [2.75, 3.05) is 10.6 Å². The van der Waals surface area contributed by atoms with Crippen molar-refractivity contribution in [2.45, 2.75) is 16.6 Å². The Morgan fingerprint density at radius 2 is 1.96 bits per heavy atom. The minimum absolute atomic E-state index is 0.604. The molecule has 4 rings (SSSR count).